The zero-order valence-corrected chi connectivity index (χ0v) is 16.3. The first-order valence-corrected chi connectivity index (χ1v) is 9.24. The summed E-state index contributed by atoms with van der Waals surface area (Å²) in [5.74, 6) is 0.341. The van der Waals surface area contributed by atoms with E-state index < -0.39 is 10.0 Å². The first-order valence-electron chi connectivity index (χ1n) is 7.76. The number of hydrogen-bond donors (Lipinski definition) is 1. The molecular formula is C18H25ClN2O3S. The SMILES string of the molecule is COc1ccccc1S(=O)(=O)NC(Cc1ccccc1)CN(C)C.Cl. The number of nitrogens with zero attached hydrogens (tertiary/aromatic N) is 1. The van der Waals surface area contributed by atoms with Crippen molar-refractivity contribution in [2.24, 2.45) is 0 Å². The van der Waals surface area contributed by atoms with Crippen LogP contribution in [0.25, 0.3) is 0 Å². The molecule has 0 aromatic heterocycles. The fourth-order valence-corrected chi connectivity index (χ4v) is 4.00. The Morgan fingerprint density at radius 1 is 1.04 bits per heavy atom. The minimum absolute atomic E-state index is 0. The van der Waals surface area contributed by atoms with Crippen LogP contribution < -0.4 is 9.46 Å². The summed E-state index contributed by atoms with van der Waals surface area (Å²) in [6.07, 6.45) is 0.618. The van der Waals surface area contributed by atoms with Crippen molar-refractivity contribution in [2.45, 2.75) is 17.4 Å². The molecule has 0 amide bonds. The van der Waals surface area contributed by atoms with Gasteiger partial charge in [-0.25, -0.2) is 13.1 Å². The summed E-state index contributed by atoms with van der Waals surface area (Å²) >= 11 is 0. The summed E-state index contributed by atoms with van der Waals surface area (Å²) in [4.78, 5) is 2.13. The van der Waals surface area contributed by atoms with E-state index in [0.717, 1.165) is 5.56 Å². The summed E-state index contributed by atoms with van der Waals surface area (Å²) < 4.78 is 33.6. The Bertz CT molecular complexity index is 752. The predicted molar refractivity (Wildman–Crippen MR) is 103 cm³/mol. The fourth-order valence-electron chi connectivity index (χ4n) is 2.61. The van der Waals surface area contributed by atoms with Gasteiger partial charge < -0.3 is 9.64 Å². The van der Waals surface area contributed by atoms with Gasteiger partial charge in [0.2, 0.25) is 10.0 Å². The Hall–Kier alpha value is -1.60. The van der Waals surface area contributed by atoms with E-state index in [1.165, 1.54) is 7.11 Å². The lowest BCUT2D eigenvalue weighted by Crippen LogP contribution is -2.43. The Morgan fingerprint density at radius 3 is 2.24 bits per heavy atom. The number of hydrogen-bond acceptors (Lipinski definition) is 4. The van der Waals surface area contributed by atoms with E-state index in [1.807, 2.05) is 49.3 Å². The van der Waals surface area contributed by atoms with Crippen LogP contribution in [0.5, 0.6) is 5.75 Å². The molecule has 2 aromatic carbocycles. The Labute approximate surface area is 156 Å². The standard InChI is InChI=1S/C18H24N2O3S.ClH/c1-20(2)14-16(13-15-9-5-4-6-10-15)19-24(21,22)18-12-8-7-11-17(18)23-3;/h4-12,16,19H,13-14H2,1-3H3;1H. The van der Waals surface area contributed by atoms with Crippen molar-refractivity contribution in [1.82, 2.24) is 9.62 Å². The van der Waals surface area contributed by atoms with Crippen LogP contribution in [0.1, 0.15) is 5.56 Å². The van der Waals surface area contributed by atoms with Crippen molar-refractivity contribution in [1.29, 1.82) is 0 Å². The zero-order valence-electron chi connectivity index (χ0n) is 14.7. The Balaban J connectivity index is 0.00000312. The second-order valence-electron chi connectivity index (χ2n) is 5.92. The van der Waals surface area contributed by atoms with E-state index in [9.17, 15) is 8.42 Å². The number of para-hydroxylation sites is 1. The molecule has 1 N–H and O–H groups in total. The summed E-state index contributed by atoms with van der Waals surface area (Å²) in [5.41, 5.74) is 1.09. The van der Waals surface area contributed by atoms with E-state index in [-0.39, 0.29) is 23.3 Å². The number of benzene rings is 2. The third-order valence-corrected chi connectivity index (χ3v) is 5.15. The molecular weight excluding hydrogens is 360 g/mol. The van der Waals surface area contributed by atoms with Crippen molar-refractivity contribution in [3.8, 4) is 5.75 Å². The van der Waals surface area contributed by atoms with E-state index in [1.54, 1.807) is 24.3 Å². The minimum Gasteiger partial charge on any atom is -0.495 e. The lowest BCUT2D eigenvalue weighted by molar-refractivity contribution is 0.356. The third kappa shape index (κ3) is 6.32. The van der Waals surface area contributed by atoms with Gasteiger partial charge in [-0.05, 0) is 38.2 Å². The quantitative estimate of drug-likeness (QED) is 0.759. The second kappa shape index (κ2) is 9.77. The number of likely N-dealkylation sites (N-methyl/N-ethyl adjacent to an activating group) is 1. The molecule has 1 atom stereocenters. The molecule has 25 heavy (non-hydrogen) atoms. The molecule has 0 aliphatic carbocycles. The van der Waals surface area contributed by atoms with Gasteiger partial charge in [-0.15, -0.1) is 12.4 Å². The van der Waals surface area contributed by atoms with Gasteiger partial charge in [0.1, 0.15) is 10.6 Å². The third-order valence-electron chi connectivity index (χ3n) is 3.59. The van der Waals surface area contributed by atoms with Gasteiger partial charge in [-0.3, -0.25) is 0 Å². The van der Waals surface area contributed by atoms with Crippen molar-refractivity contribution in [3.05, 3.63) is 60.2 Å². The molecule has 5 nitrogen and oxygen atoms in total. The molecule has 0 heterocycles. The van der Waals surface area contributed by atoms with Gasteiger partial charge in [0.25, 0.3) is 0 Å². The highest BCUT2D eigenvalue weighted by molar-refractivity contribution is 7.89. The largest absolute Gasteiger partial charge is 0.495 e. The maximum Gasteiger partial charge on any atom is 0.244 e. The first kappa shape index (κ1) is 21.4. The summed E-state index contributed by atoms with van der Waals surface area (Å²) in [7, 11) is 1.65. The zero-order chi connectivity index (χ0) is 17.6. The van der Waals surface area contributed by atoms with E-state index in [2.05, 4.69) is 4.72 Å². The minimum atomic E-state index is -3.67. The van der Waals surface area contributed by atoms with Crippen LogP contribution in [0.2, 0.25) is 0 Å². The molecule has 0 saturated heterocycles. The van der Waals surface area contributed by atoms with Crippen LogP contribution in [-0.4, -0.2) is 47.1 Å². The normalized spacial score (nSPS) is 12.5. The molecule has 1 unspecified atom stereocenters. The first-order chi connectivity index (χ1) is 11.4. The lowest BCUT2D eigenvalue weighted by atomic mass is 10.1. The van der Waals surface area contributed by atoms with Crippen molar-refractivity contribution in [3.63, 3.8) is 0 Å². The van der Waals surface area contributed by atoms with Crippen molar-refractivity contribution in [2.75, 3.05) is 27.7 Å². The molecule has 0 spiro atoms. The predicted octanol–water partition coefficient (Wildman–Crippen LogP) is 2.57. The molecule has 0 aliphatic rings. The topological polar surface area (TPSA) is 58.6 Å². The van der Waals surface area contributed by atoms with Gasteiger partial charge in [0.05, 0.1) is 7.11 Å². The van der Waals surface area contributed by atoms with Crippen LogP contribution in [0.15, 0.2) is 59.5 Å². The molecule has 0 bridgehead atoms. The summed E-state index contributed by atoms with van der Waals surface area (Å²) in [6, 6.07) is 16.3. The monoisotopic (exact) mass is 384 g/mol. The average molecular weight is 385 g/mol. The van der Waals surface area contributed by atoms with Gasteiger partial charge >= 0.3 is 0 Å². The highest BCUT2D eigenvalue weighted by Gasteiger charge is 2.23. The molecule has 7 heteroatoms. The van der Waals surface area contributed by atoms with Crippen LogP contribution in [0.4, 0.5) is 0 Å². The number of methoxy groups -OCH3 is 1. The number of ether oxygens (including phenoxy) is 1. The highest BCUT2D eigenvalue weighted by Crippen LogP contribution is 2.23. The second-order valence-corrected chi connectivity index (χ2v) is 7.60. The Kier molecular flexibility index (Phi) is 8.38. The van der Waals surface area contributed by atoms with Crippen molar-refractivity contribution >= 4 is 22.4 Å². The highest BCUT2D eigenvalue weighted by atomic mass is 35.5. The fraction of sp³-hybridized carbons (Fsp3) is 0.333. The molecule has 0 aliphatic heterocycles. The number of sulfonamides is 1. The van der Waals surface area contributed by atoms with Crippen LogP contribution in [-0.2, 0) is 16.4 Å². The van der Waals surface area contributed by atoms with Gasteiger partial charge in [-0.2, -0.15) is 0 Å². The van der Waals surface area contributed by atoms with Crippen molar-refractivity contribution < 1.29 is 13.2 Å². The van der Waals surface area contributed by atoms with E-state index >= 15 is 0 Å². The molecule has 0 fully saturated rings. The molecule has 138 valence electrons. The van der Waals surface area contributed by atoms with Gasteiger partial charge in [-0.1, -0.05) is 42.5 Å². The maximum atomic E-state index is 12.8. The number of nitrogens with one attached hydrogen (secondary N) is 1. The van der Waals surface area contributed by atoms with E-state index in [4.69, 9.17) is 4.74 Å². The molecule has 2 aromatic rings. The van der Waals surface area contributed by atoms with Crippen LogP contribution in [0, 0.1) is 0 Å². The van der Waals surface area contributed by atoms with Gasteiger partial charge in [0.15, 0.2) is 0 Å². The average Bonchev–Trinajstić information content (AvgIpc) is 2.54. The number of rotatable bonds is 8. The lowest BCUT2D eigenvalue weighted by Gasteiger charge is -2.23. The number of halogens is 1. The molecule has 0 saturated carbocycles. The van der Waals surface area contributed by atoms with Crippen LogP contribution >= 0.6 is 12.4 Å². The Morgan fingerprint density at radius 2 is 1.64 bits per heavy atom. The molecule has 2 rings (SSSR count). The van der Waals surface area contributed by atoms with Gasteiger partial charge in [0, 0.05) is 12.6 Å². The van der Waals surface area contributed by atoms with Crippen LogP contribution in [0.3, 0.4) is 0 Å². The summed E-state index contributed by atoms with van der Waals surface area (Å²) in [6.45, 7) is 0.600. The summed E-state index contributed by atoms with van der Waals surface area (Å²) in [5, 5.41) is 0. The molecule has 0 radical (unpaired) electrons. The maximum absolute atomic E-state index is 12.8. The van der Waals surface area contributed by atoms with E-state index in [0.29, 0.717) is 18.7 Å². The smallest absolute Gasteiger partial charge is 0.244 e.